The van der Waals surface area contributed by atoms with Crippen LogP contribution >= 0.6 is 23.2 Å². The Kier molecular flexibility index (Phi) is 5.25. The molecule has 1 aromatic carbocycles. The summed E-state index contributed by atoms with van der Waals surface area (Å²) in [5.41, 5.74) is 1.42. The number of nitrogens with one attached hydrogen (secondary N) is 1. The molecule has 0 bridgehead atoms. The fraction of sp³-hybridized carbons (Fsp3) is 0.278. The fourth-order valence-electron chi connectivity index (χ4n) is 2.39. The zero-order chi connectivity index (χ0) is 18.0. The summed E-state index contributed by atoms with van der Waals surface area (Å²) in [6.07, 6.45) is 0.927. The summed E-state index contributed by atoms with van der Waals surface area (Å²) >= 11 is 11.8. The Morgan fingerprint density at radius 1 is 1.20 bits per heavy atom. The Morgan fingerprint density at radius 2 is 1.88 bits per heavy atom. The van der Waals surface area contributed by atoms with Gasteiger partial charge >= 0.3 is 5.97 Å². The van der Waals surface area contributed by atoms with E-state index in [9.17, 15) is 9.59 Å². The molecule has 0 saturated heterocycles. The lowest BCUT2D eigenvalue weighted by Gasteiger charge is -2.08. The van der Waals surface area contributed by atoms with Gasteiger partial charge in [0.15, 0.2) is 0 Å². The van der Waals surface area contributed by atoms with Crippen molar-refractivity contribution in [2.45, 2.75) is 20.0 Å². The fourth-order valence-corrected chi connectivity index (χ4v) is 2.71. The molecule has 1 aromatic heterocycles. The summed E-state index contributed by atoms with van der Waals surface area (Å²) in [5.74, 6) is 0.0526. The summed E-state index contributed by atoms with van der Waals surface area (Å²) in [7, 11) is 0. The van der Waals surface area contributed by atoms with Gasteiger partial charge in [-0.05, 0) is 48.7 Å². The van der Waals surface area contributed by atoms with Gasteiger partial charge in [0.1, 0.15) is 11.8 Å². The predicted octanol–water partition coefficient (Wildman–Crippen LogP) is 4.34. The molecule has 25 heavy (non-hydrogen) atoms. The Bertz CT molecular complexity index is 808. The van der Waals surface area contributed by atoms with Gasteiger partial charge in [-0.25, -0.2) is 9.78 Å². The van der Waals surface area contributed by atoms with Gasteiger partial charge in [0.25, 0.3) is 0 Å². The average Bonchev–Trinajstić information content (AvgIpc) is 3.33. The maximum absolute atomic E-state index is 12.1. The van der Waals surface area contributed by atoms with Crippen molar-refractivity contribution in [3.05, 3.63) is 57.8 Å². The Morgan fingerprint density at radius 3 is 2.52 bits per heavy atom. The van der Waals surface area contributed by atoms with Crippen LogP contribution in [-0.2, 0) is 16.1 Å². The highest BCUT2D eigenvalue weighted by atomic mass is 35.5. The molecule has 7 heteroatoms. The molecule has 0 radical (unpaired) electrons. The molecule has 0 spiro atoms. The van der Waals surface area contributed by atoms with Gasteiger partial charge in [0.2, 0.25) is 5.91 Å². The van der Waals surface area contributed by atoms with Gasteiger partial charge in [-0.1, -0.05) is 30.1 Å². The van der Waals surface area contributed by atoms with Crippen LogP contribution < -0.4 is 5.32 Å². The number of carbonyl (C=O) groups is 2. The van der Waals surface area contributed by atoms with Crippen molar-refractivity contribution in [1.82, 2.24) is 4.98 Å². The molecular weight excluding hydrogens is 363 g/mol. The van der Waals surface area contributed by atoms with E-state index in [1.54, 1.807) is 36.4 Å². The third-order valence-corrected chi connectivity index (χ3v) is 4.61. The maximum atomic E-state index is 12.1. The van der Waals surface area contributed by atoms with E-state index in [1.165, 1.54) is 0 Å². The van der Waals surface area contributed by atoms with E-state index in [-0.39, 0.29) is 23.6 Å². The van der Waals surface area contributed by atoms with Crippen LogP contribution in [0.4, 0.5) is 5.69 Å². The van der Waals surface area contributed by atoms with Crippen LogP contribution in [0.1, 0.15) is 29.4 Å². The molecule has 0 aliphatic heterocycles. The number of carbonyl (C=O) groups excluding carboxylic acids is 2. The van der Waals surface area contributed by atoms with Gasteiger partial charge in [-0.15, -0.1) is 0 Å². The molecule has 1 aliphatic rings. The molecule has 1 N–H and O–H groups in total. The van der Waals surface area contributed by atoms with Crippen LogP contribution in [0, 0.1) is 11.8 Å². The highest BCUT2D eigenvalue weighted by Crippen LogP contribution is 2.38. The average molecular weight is 379 g/mol. The number of benzene rings is 1. The van der Waals surface area contributed by atoms with E-state index in [1.807, 2.05) is 6.92 Å². The summed E-state index contributed by atoms with van der Waals surface area (Å²) in [4.78, 5) is 28.0. The number of pyridine rings is 1. The van der Waals surface area contributed by atoms with Crippen LogP contribution in [0.5, 0.6) is 0 Å². The highest BCUT2D eigenvalue weighted by Gasteiger charge is 2.39. The molecule has 2 unspecified atom stereocenters. The number of rotatable bonds is 5. The molecule has 1 fully saturated rings. The summed E-state index contributed by atoms with van der Waals surface area (Å²) in [6.45, 7) is 1.97. The zero-order valence-electron chi connectivity index (χ0n) is 13.5. The predicted molar refractivity (Wildman–Crippen MR) is 95.7 cm³/mol. The van der Waals surface area contributed by atoms with Crippen molar-refractivity contribution in [3.63, 3.8) is 0 Å². The van der Waals surface area contributed by atoms with E-state index >= 15 is 0 Å². The minimum absolute atomic E-state index is 0.0181. The molecule has 5 nitrogen and oxygen atoms in total. The van der Waals surface area contributed by atoms with Gasteiger partial charge in [0.05, 0.1) is 16.3 Å². The highest BCUT2D eigenvalue weighted by molar-refractivity contribution is 6.32. The Hall–Kier alpha value is -2.11. The summed E-state index contributed by atoms with van der Waals surface area (Å²) in [5, 5.41) is 3.50. The van der Waals surface area contributed by atoms with Crippen molar-refractivity contribution < 1.29 is 14.3 Å². The minimum atomic E-state index is -0.508. The second-order valence-electron chi connectivity index (χ2n) is 6.02. The lowest BCUT2D eigenvalue weighted by Crippen LogP contribution is -2.14. The van der Waals surface area contributed by atoms with E-state index in [0.717, 1.165) is 6.42 Å². The number of aromatic nitrogens is 1. The maximum Gasteiger partial charge on any atom is 0.338 e. The summed E-state index contributed by atoms with van der Waals surface area (Å²) < 4.78 is 5.20. The molecule has 1 heterocycles. The molecule has 3 rings (SSSR count). The standard InChI is InChI=1S/C18H16Cl2N2O3/c1-10-8-13(10)17(23)21-12-4-2-11(3-5-12)18(24)25-9-15-14(19)6-7-16(20)22-15/h2-7,10,13H,8-9H2,1H3,(H,21,23). The van der Waals surface area contributed by atoms with Crippen LogP contribution in [0.15, 0.2) is 36.4 Å². The number of esters is 1. The number of ether oxygens (including phenoxy) is 1. The number of anilines is 1. The molecule has 2 atom stereocenters. The molecule has 1 aliphatic carbocycles. The first-order chi connectivity index (χ1) is 11.9. The number of amides is 1. The van der Waals surface area contributed by atoms with Crippen LogP contribution in [0.3, 0.4) is 0 Å². The first kappa shape index (κ1) is 17.7. The van der Waals surface area contributed by atoms with Crippen molar-refractivity contribution in [2.75, 3.05) is 5.32 Å². The van der Waals surface area contributed by atoms with Crippen molar-refractivity contribution >= 4 is 40.8 Å². The first-order valence-electron chi connectivity index (χ1n) is 7.83. The van der Waals surface area contributed by atoms with Crippen molar-refractivity contribution in [3.8, 4) is 0 Å². The SMILES string of the molecule is CC1CC1C(=O)Nc1ccc(C(=O)OCc2nc(Cl)ccc2Cl)cc1. The van der Waals surface area contributed by atoms with Gasteiger partial charge in [-0.2, -0.15) is 0 Å². The van der Waals surface area contributed by atoms with Crippen molar-refractivity contribution in [1.29, 1.82) is 0 Å². The molecule has 130 valence electrons. The number of hydrogen-bond donors (Lipinski definition) is 1. The quantitative estimate of drug-likeness (QED) is 0.620. The van der Waals surface area contributed by atoms with E-state index in [2.05, 4.69) is 10.3 Å². The second kappa shape index (κ2) is 7.42. The number of halogens is 2. The molecule has 2 aromatic rings. The third-order valence-electron chi connectivity index (χ3n) is 4.06. The largest absolute Gasteiger partial charge is 0.456 e. The van der Waals surface area contributed by atoms with Gasteiger partial charge < -0.3 is 10.1 Å². The smallest absolute Gasteiger partial charge is 0.338 e. The molecule has 1 amide bonds. The zero-order valence-corrected chi connectivity index (χ0v) is 15.0. The lowest BCUT2D eigenvalue weighted by atomic mass is 10.2. The van der Waals surface area contributed by atoms with Gasteiger partial charge in [0, 0.05) is 11.6 Å². The molecular formula is C18H16Cl2N2O3. The van der Waals surface area contributed by atoms with Crippen molar-refractivity contribution in [2.24, 2.45) is 11.8 Å². The Balaban J connectivity index is 1.57. The number of nitrogens with zero attached hydrogens (tertiary/aromatic N) is 1. The first-order valence-corrected chi connectivity index (χ1v) is 8.58. The van der Waals surface area contributed by atoms with E-state index < -0.39 is 5.97 Å². The monoisotopic (exact) mass is 378 g/mol. The van der Waals surface area contributed by atoms with E-state index in [0.29, 0.717) is 27.9 Å². The Labute approximate surface area is 155 Å². The normalized spacial score (nSPS) is 18.5. The van der Waals surface area contributed by atoms with Gasteiger partial charge in [-0.3, -0.25) is 4.79 Å². The minimum Gasteiger partial charge on any atom is -0.456 e. The van der Waals surface area contributed by atoms with E-state index in [4.69, 9.17) is 27.9 Å². The van der Waals surface area contributed by atoms with Crippen LogP contribution in [0.25, 0.3) is 0 Å². The topological polar surface area (TPSA) is 68.3 Å². The molecule has 1 saturated carbocycles. The summed E-state index contributed by atoms with van der Waals surface area (Å²) in [6, 6.07) is 9.70. The second-order valence-corrected chi connectivity index (χ2v) is 6.82. The lowest BCUT2D eigenvalue weighted by molar-refractivity contribution is -0.117. The van der Waals surface area contributed by atoms with Crippen LogP contribution in [0.2, 0.25) is 10.2 Å². The number of hydrogen-bond acceptors (Lipinski definition) is 4. The third kappa shape index (κ3) is 4.50. The van der Waals surface area contributed by atoms with Crippen LogP contribution in [-0.4, -0.2) is 16.9 Å².